The van der Waals surface area contributed by atoms with E-state index in [-0.39, 0.29) is 0 Å². The van der Waals surface area contributed by atoms with Crippen LogP contribution in [-0.4, -0.2) is 9.97 Å². The van der Waals surface area contributed by atoms with Crippen LogP contribution < -0.4 is 0 Å². The number of aromatic nitrogens is 2. The minimum Gasteiger partial charge on any atom is -0.264 e. The largest absolute Gasteiger partial charge is 0.264 e. The number of nitrogens with zero attached hydrogens (tertiary/aromatic N) is 2. The van der Waals surface area contributed by atoms with Gasteiger partial charge in [0.05, 0.1) is 0 Å². The van der Waals surface area contributed by atoms with Crippen LogP contribution in [0.15, 0.2) is 195 Å². The molecule has 0 aliphatic rings. The molecule has 0 fully saturated rings. The van der Waals surface area contributed by atoms with Crippen molar-refractivity contribution in [2.75, 3.05) is 0 Å². The molecule has 13 rings (SSSR count). The Morgan fingerprint density at radius 2 is 0.700 bits per heavy atom. The molecule has 2 nitrogen and oxygen atoms in total. The van der Waals surface area contributed by atoms with Gasteiger partial charge in [-0.05, 0) is 160 Å². The first-order valence-corrected chi connectivity index (χ1v) is 21.9. The van der Waals surface area contributed by atoms with Crippen LogP contribution >= 0.6 is 22.7 Å². The molecule has 0 saturated heterocycles. The molecular formula is C56H32N2S2. The summed E-state index contributed by atoms with van der Waals surface area (Å²) in [7, 11) is 0. The first-order valence-electron chi connectivity index (χ1n) is 20.3. The zero-order valence-electron chi connectivity index (χ0n) is 32.2. The number of benzene rings is 9. The summed E-state index contributed by atoms with van der Waals surface area (Å²) >= 11 is 3.77. The summed E-state index contributed by atoms with van der Waals surface area (Å²) in [5, 5.41) is 15.4. The Labute approximate surface area is 353 Å². The van der Waals surface area contributed by atoms with Crippen molar-refractivity contribution in [2.24, 2.45) is 0 Å². The number of pyridine rings is 2. The fourth-order valence-corrected chi connectivity index (χ4v) is 11.7. The number of rotatable bonds is 4. The molecule has 9 aromatic carbocycles. The predicted molar refractivity (Wildman–Crippen MR) is 260 cm³/mol. The van der Waals surface area contributed by atoms with Crippen molar-refractivity contribution in [3.63, 3.8) is 0 Å². The summed E-state index contributed by atoms with van der Waals surface area (Å²) in [6.45, 7) is 0. The molecule has 0 bridgehead atoms. The SMILES string of the molecule is c1cncc(-c2ccc(-c3cc4cc5c(cc(-c6ccc(-c7cccnc7)cc6)c6cc7c(cc65)sc5ccccc57)cc4c4cc5sc6ccccc6c5cc34)cc2)c1. The molecule has 0 atom stereocenters. The molecule has 0 amide bonds. The molecule has 0 unspecified atom stereocenters. The van der Waals surface area contributed by atoms with Crippen LogP contribution in [0.4, 0.5) is 0 Å². The Morgan fingerprint density at radius 3 is 1.13 bits per heavy atom. The van der Waals surface area contributed by atoms with Gasteiger partial charge in [-0.2, -0.15) is 0 Å². The third-order valence-electron chi connectivity index (χ3n) is 12.4. The van der Waals surface area contributed by atoms with E-state index in [1.54, 1.807) is 0 Å². The lowest BCUT2D eigenvalue weighted by Gasteiger charge is -2.16. The van der Waals surface area contributed by atoms with Gasteiger partial charge in [-0.1, -0.05) is 97.1 Å². The van der Waals surface area contributed by atoms with Crippen LogP contribution in [0.1, 0.15) is 0 Å². The van der Waals surface area contributed by atoms with E-state index in [1.165, 1.54) is 106 Å². The van der Waals surface area contributed by atoms with E-state index in [0.29, 0.717) is 0 Å². The van der Waals surface area contributed by atoms with Gasteiger partial charge in [-0.25, -0.2) is 0 Å². The zero-order chi connectivity index (χ0) is 39.3. The molecule has 4 heterocycles. The lowest BCUT2D eigenvalue weighted by molar-refractivity contribution is 1.33. The summed E-state index contributed by atoms with van der Waals surface area (Å²) < 4.78 is 5.26. The van der Waals surface area contributed by atoms with Crippen LogP contribution in [0.3, 0.4) is 0 Å². The van der Waals surface area contributed by atoms with Gasteiger partial charge in [0.2, 0.25) is 0 Å². The van der Waals surface area contributed by atoms with Gasteiger partial charge in [0.25, 0.3) is 0 Å². The van der Waals surface area contributed by atoms with Gasteiger partial charge < -0.3 is 0 Å². The Balaban J connectivity index is 1.10. The summed E-state index contributed by atoms with van der Waals surface area (Å²) in [6, 6.07) is 63.5. The Hall–Kier alpha value is -7.24. The average Bonchev–Trinajstić information content (AvgIpc) is 3.87. The van der Waals surface area contributed by atoms with E-state index in [4.69, 9.17) is 0 Å². The molecule has 0 radical (unpaired) electrons. The highest BCUT2D eigenvalue weighted by molar-refractivity contribution is 7.26. The predicted octanol–water partition coefficient (Wildman–Crippen LogP) is 16.5. The van der Waals surface area contributed by atoms with Crippen molar-refractivity contribution in [2.45, 2.75) is 0 Å². The molecule has 0 aliphatic heterocycles. The molecule has 278 valence electrons. The topological polar surface area (TPSA) is 25.8 Å². The molecule has 0 aliphatic carbocycles. The second-order valence-corrected chi connectivity index (χ2v) is 17.9. The van der Waals surface area contributed by atoms with Gasteiger partial charge in [0.15, 0.2) is 0 Å². The summed E-state index contributed by atoms with van der Waals surface area (Å²) in [6.07, 6.45) is 7.52. The molecular weight excluding hydrogens is 765 g/mol. The molecule has 0 saturated carbocycles. The van der Waals surface area contributed by atoms with Crippen LogP contribution in [-0.2, 0) is 0 Å². The number of fused-ring (bicyclic) bond motifs is 12. The fraction of sp³-hybridized carbons (Fsp3) is 0. The van der Waals surface area contributed by atoms with Gasteiger partial charge in [0.1, 0.15) is 0 Å². The van der Waals surface area contributed by atoms with Crippen molar-refractivity contribution >= 4 is 106 Å². The number of hydrogen-bond acceptors (Lipinski definition) is 4. The molecule has 0 N–H and O–H groups in total. The lowest BCUT2D eigenvalue weighted by atomic mass is 9.87. The van der Waals surface area contributed by atoms with E-state index in [1.807, 2.05) is 59.6 Å². The van der Waals surface area contributed by atoms with Crippen LogP contribution in [0.25, 0.3) is 128 Å². The first kappa shape index (κ1) is 33.7. The normalized spacial score (nSPS) is 12.0. The van der Waals surface area contributed by atoms with Crippen molar-refractivity contribution < 1.29 is 0 Å². The first-order chi connectivity index (χ1) is 29.7. The smallest absolute Gasteiger partial charge is 0.0362 e. The van der Waals surface area contributed by atoms with Crippen LogP contribution in [0.2, 0.25) is 0 Å². The Kier molecular flexibility index (Phi) is 7.38. The monoisotopic (exact) mass is 796 g/mol. The van der Waals surface area contributed by atoms with Gasteiger partial charge in [-0.3, -0.25) is 9.97 Å². The van der Waals surface area contributed by atoms with Crippen LogP contribution in [0, 0.1) is 0 Å². The maximum Gasteiger partial charge on any atom is 0.0362 e. The minimum atomic E-state index is 1.12. The van der Waals surface area contributed by atoms with Gasteiger partial charge in [-0.15, -0.1) is 22.7 Å². The maximum absolute atomic E-state index is 4.38. The highest BCUT2D eigenvalue weighted by atomic mass is 32.1. The van der Waals surface area contributed by atoms with E-state index in [2.05, 4.69) is 168 Å². The fourth-order valence-electron chi connectivity index (χ4n) is 9.47. The second kappa shape index (κ2) is 13.1. The van der Waals surface area contributed by atoms with Crippen molar-refractivity contribution in [1.29, 1.82) is 0 Å². The molecule has 0 spiro atoms. The van der Waals surface area contributed by atoms with E-state index in [0.717, 1.165) is 22.3 Å². The van der Waals surface area contributed by atoms with Crippen molar-refractivity contribution in [1.82, 2.24) is 9.97 Å². The van der Waals surface area contributed by atoms with Gasteiger partial charge in [0, 0.05) is 65.1 Å². The summed E-state index contributed by atoms with van der Waals surface area (Å²) in [5.74, 6) is 0. The third kappa shape index (κ3) is 5.25. The van der Waals surface area contributed by atoms with Crippen molar-refractivity contribution in [3.8, 4) is 44.5 Å². The van der Waals surface area contributed by atoms with Gasteiger partial charge >= 0.3 is 0 Å². The van der Waals surface area contributed by atoms with Crippen molar-refractivity contribution in [3.05, 3.63) is 195 Å². The van der Waals surface area contributed by atoms with Crippen LogP contribution in [0.5, 0.6) is 0 Å². The average molecular weight is 797 g/mol. The number of hydrogen-bond donors (Lipinski definition) is 0. The Bertz CT molecular complexity index is 3590. The van der Waals surface area contributed by atoms with E-state index < -0.39 is 0 Å². The zero-order valence-corrected chi connectivity index (χ0v) is 33.8. The maximum atomic E-state index is 4.38. The second-order valence-electron chi connectivity index (χ2n) is 15.8. The lowest BCUT2D eigenvalue weighted by Crippen LogP contribution is -1.89. The molecule has 4 heteroatoms. The van der Waals surface area contributed by atoms with E-state index in [9.17, 15) is 0 Å². The Morgan fingerprint density at radius 1 is 0.267 bits per heavy atom. The number of thiophene rings is 2. The quantitative estimate of drug-likeness (QED) is 0.131. The third-order valence-corrected chi connectivity index (χ3v) is 14.7. The molecule has 4 aromatic heterocycles. The standard InChI is InChI=1S/C56H32N2S2/c1-3-11-53-41(9-1)51-27-47-43(35-17-13-33(14-18-35)37-7-5-21-57-31-37)23-39-26-46-40(25-45(39)49(47)29-55(51)59-53)24-44(36-19-15-34(16-20-36)38-8-6-22-58-32-38)48-28-52-42-10-2-4-12-54(42)60-56(52)30-50(46)48/h1-32H. The highest BCUT2D eigenvalue weighted by Crippen LogP contribution is 2.46. The minimum absolute atomic E-state index is 1.12. The highest BCUT2D eigenvalue weighted by Gasteiger charge is 2.18. The molecule has 13 aromatic rings. The molecule has 60 heavy (non-hydrogen) atoms. The summed E-state index contributed by atoms with van der Waals surface area (Å²) in [5.41, 5.74) is 9.46. The van der Waals surface area contributed by atoms with E-state index >= 15 is 0 Å². The summed E-state index contributed by atoms with van der Waals surface area (Å²) in [4.78, 5) is 8.75.